The molecule has 2 aliphatic heterocycles. The van der Waals surface area contributed by atoms with E-state index in [0.717, 1.165) is 45.7 Å². The van der Waals surface area contributed by atoms with Gasteiger partial charge in [-0.05, 0) is 41.4 Å². The third-order valence-corrected chi connectivity index (χ3v) is 5.71. The standard InChI is InChI=1S/C18H27BrN6O3/c1-2-14(26)24-7-4-13(12-24)25-18(15(17(20)27)16(19)22-25)21-5-3-6-23-8-10-28-11-9-23/h2,13,21H,1,3-12H2,(H2,20,27)/t13-/m0/s1. The van der Waals surface area contributed by atoms with Gasteiger partial charge in [-0.25, -0.2) is 4.68 Å². The number of halogens is 1. The fourth-order valence-corrected chi connectivity index (χ4v) is 4.22. The number of rotatable bonds is 8. The molecule has 2 aliphatic rings. The van der Waals surface area contributed by atoms with E-state index in [0.29, 0.717) is 35.6 Å². The highest BCUT2D eigenvalue weighted by atomic mass is 79.9. The third-order valence-electron chi connectivity index (χ3n) is 5.16. The number of nitrogens with one attached hydrogen (secondary N) is 1. The number of amides is 2. The first-order chi connectivity index (χ1) is 13.5. The maximum Gasteiger partial charge on any atom is 0.255 e. The lowest BCUT2D eigenvalue weighted by Crippen LogP contribution is -2.37. The molecule has 0 aliphatic carbocycles. The summed E-state index contributed by atoms with van der Waals surface area (Å²) < 4.78 is 7.57. The van der Waals surface area contributed by atoms with Gasteiger partial charge in [0.05, 0.1) is 19.3 Å². The number of nitrogens with zero attached hydrogens (tertiary/aromatic N) is 4. The number of hydrogen-bond donors (Lipinski definition) is 2. The molecule has 1 aromatic heterocycles. The van der Waals surface area contributed by atoms with Crippen molar-refractivity contribution in [1.29, 1.82) is 0 Å². The summed E-state index contributed by atoms with van der Waals surface area (Å²) >= 11 is 3.35. The van der Waals surface area contributed by atoms with Crippen LogP contribution in [0.3, 0.4) is 0 Å². The predicted molar refractivity (Wildman–Crippen MR) is 109 cm³/mol. The Labute approximate surface area is 173 Å². The van der Waals surface area contributed by atoms with E-state index >= 15 is 0 Å². The Morgan fingerprint density at radius 3 is 2.79 bits per heavy atom. The van der Waals surface area contributed by atoms with Crippen molar-refractivity contribution in [2.75, 3.05) is 57.8 Å². The molecule has 1 atom stereocenters. The molecule has 0 spiro atoms. The quantitative estimate of drug-likeness (QED) is 0.445. The van der Waals surface area contributed by atoms with Crippen LogP contribution in [0.4, 0.5) is 5.82 Å². The first-order valence-electron chi connectivity index (χ1n) is 9.54. The van der Waals surface area contributed by atoms with E-state index in [1.54, 1.807) is 9.58 Å². The predicted octanol–water partition coefficient (Wildman–Crippen LogP) is 0.838. The van der Waals surface area contributed by atoms with Gasteiger partial charge in [0.15, 0.2) is 0 Å². The lowest BCUT2D eigenvalue weighted by Gasteiger charge is -2.26. The minimum Gasteiger partial charge on any atom is -0.379 e. The zero-order chi connectivity index (χ0) is 20.1. The van der Waals surface area contributed by atoms with Gasteiger partial charge in [-0.3, -0.25) is 14.5 Å². The van der Waals surface area contributed by atoms with Crippen LogP contribution in [0.15, 0.2) is 17.3 Å². The van der Waals surface area contributed by atoms with Gasteiger partial charge in [0.2, 0.25) is 5.91 Å². The molecular formula is C18H27BrN6O3. The van der Waals surface area contributed by atoms with Gasteiger partial charge < -0.3 is 20.7 Å². The zero-order valence-corrected chi connectivity index (χ0v) is 17.5. The van der Waals surface area contributed by atoms with Crippen molar-refractivity contribution < 1.29 is 14.3 Å². The maximum atomic E-state index is 12.0. The molecular weight excluding hydrogens is 428 g/mol. The highest BCUT2D eigenvalue weighted by Crippen LogP contribution is 2.31. The number of ether oxygens (including phenoxy) is 1. The molecule has 3 N–H and O–H groups in total. The molecule has 0 aromatic carbocycles. The van der Waals surface area contributed by atoms with Crippen molar-refractivity contribution in [3.8, 4) is 0 Å². The first kappa shape index (κ1) is 20.8. The van der Waals surface area contributed by atoms with Gasteiger partial charge in [0.1, 0.15) is 16.0 Å². The second-order valence-corrected chi connectivity index (χ2v) is 7.74. The number of nitrogens with two attached hydrogens (primary N) is 1. The van der Waals surface area contributed by atoms with Crippen LogP contribution in [0.25, 0.3) is 0 Å². The van der Waals surface area contributed by atoms with E-state index in [-0.39, 0.29) is 11.9 Å². The Kier molecular flexibility index (Phi) is 7.08. The van der Waals surface area contributed by atoms with Crippen molar-refractivity contribution in [2.45, 2.75) is 18.9 Å². The fraction of sp³-hybridized carbons (Fsp3) is 0.611. The van der Waals surface area contributed by atoms with Crippen molar-refractivity contribution >= 4 is 33.6 Å². The summed E-state index contributed by atoms with van der Waals surface area (Å²) in [5.74, 6) is -0.0195. The van der Waals surface area contributed by atoms with Gasteiger partial charge in [-0.15, -0.1) is 0 Å². The molecule has 0 radical (unpaired) electrons. The molecule has 10 heteroatoms. The van der Waals surface area contributed by atoms with E-state index in [1.165, 1.54) is 6.08 Å². The first-order valence-corrected chi connectivity index (χ1v) is 10.3. The smallest absolute Gasteiger partial charge is 0.255 e. The average molecular weight is 455 g/mol. The van der Waals surface area contributed by atoms with Crippen LogP contribution in [0.2, 0.25) is 0 Å². The normalized spacial score (nSPS) is 20.3. The van der Waals surface area contributed by atoms with Crippen molar-refractivity contribution in [3.05, 3.63) is 22.8 Å². The van der Waals surface area contributed by atoms with Gasteiger partial charge in [0, 0.05) is 32.7 Å². The van der Waals surface area contributed by atoms with Gasteiger partial charge in [-0.1, -0.05) is 6.58 Å². The number of primary amides is 1. The van der Waals surface area contributed by atoms with Crippen molar-refractivity contribution in [3.63, 3.8) is 0 Å². The number of morpholine rings is 1. The zero-order valence-electron chi connectivity index (χ0n) is 15.9. The summed E-state index contributed by atoms with van der Waals surface area (Å²) in [4.78, 5) is 28.0. The molecule has 3 rings (SSSR count). The molecule has 1 aromatic rings. The molecule has 154 valence electrons. The van der Waals surface area contributed by atoms with Crippen LogP contribution >= 0.6 is 15.9 Å². The van der Waals surface area contributed by atoms with Crippen LogP contribution in [-0.2, 0) is 9.53 Å². The second-order valence-electron chi connectivity index (χ2n) is 6.99. The Balaban J connectivity index is 1.67. The van der Waals surface area contributed by atoms with Crippen LogP contribution in [-0.4, -0.2) is 83.9 Å². The molecule has 2 fully saturated rings. The van der Waals surface area contributed by atoms with Crippen LogP contribution < -0.4 is 11.1 Å². The maximum absolute atomic E-state index is 12.0. The number of aromatic nitrogens is 2. The highest BCUT2D eigenvalue weighted by molar-refractivity contribution is 9.10. The monoisotopic (exact) mass is 454 g/mol. The van der Waals surface area contributed by atoms with Crippen molar-refractivity contribution in [1.82, 2.24) is 19.6 Å². The average Bonchev–Trinajstić information content (AvgIpc) is 3.30. The van der Waals surface area contributed by atoms with E-state index in [1.807, 2.05) is 0 Å². The molecule has 3 heterocycles. The lowest BCUT2D eigenvalue weighted by molar-refractivity contribution is -0.125. The molecule has 0 unspecified atom stereocenters. The Hall–Kier alpha value is -1.91. The van der Waals surface area contributed by atoms with Gasteiger partial charge in [0.25, 0.3) is 5.91 Å². The number of carbonyl (C=O) groups excluding carboxylic acids is 2. The number of likely N-dealkylation sites (tertiary alicyclic amines) is 1. The third kappa shape index (κ3) is 4.73. The summed E-state index contributed by atoms with van der Waals surface area (Å²) in [5, 5.41) is 7.83. The molecule has 28 heavy (non-hydrogen) atoms. The summed E-state index contributed by atoms with van der Waals surface area (Å²) in [5.41, 5.74) is 5.93. The van der Waals surface area contributed by atoms with Gasteiger partial charge >= 0.3 is 0 Å². The molecule has 0 bridgehead atoms. The summed E-state index contributed by atoms with van der Waals surface area (Å²) in [6.07, 6.45) is 3.00. The van der Waals surface area contributed by atoms with E-state index < -0.39 is 5.91 Å². The van der Waals surface area contributed by atoms with Gasteiger partial charge in [-0.2, -0.15) is 5.10 Å². The summed E-state index contributed by atoms with van der Waals surface area (Å²) in [6.45, 7) is 9.81. The Morgan fingerprint density at radius 2 is 2.11 bits per heavy atom. The minimum absolute atomic E-state index is 0.0185. The van der Waals surface area contributed by atoms with E-state index in [9.17, 15) is 9.59 Å². The number of hydrogen-bond acceptors (Lipinski definition) is 6. The number of anilines is 1. The molecule has 2 saturated heterocycles. The van der Waals surface area contributed by atoms with Crippen molar-refractivity contribution in [2.24, 2.45) is 5.73 Å². The molecule has 9 nitrogen and oxygen atoms in total. The minimum atomic E-state index is -0.536. The summed E-state index contributed by atoms with van der Waals surface area (Å²) in [6, 6.07) is -0.0185. The second kappa shape index (κ2) is 9.53. The molecule has 2 amide bonds. The van der Waals surface area contributed by atoms with Crippen LogP contribution in [0.5, 0.6) is 0 Å². The fourth-order valence-electron chi connectivity index (χ4n) is 3.66. The molecule has 0 saturated carbocycles. The largest absolute Gasteiger partial charge is 0.379 e. The Bertz CT molecular complexity index is 731. The summed E-state index contributed by atoms with van der Waals surface area (Å²) in [7, 11) is 0. The lowest BCUT2D eigenvalue weighted by atomic mass is 10.2. The SMILES string of the molecule is C=CC(=O)N1CC[C@H](n2nc(Br)c(C(N)=O)c2NCCCN2CCOCC2)C1. The van der Waals surface area contributed by atoms with Crippen LogP contribution in [0, 0.1) is 0 Å². The topological polar surface area (TPSA) is 106 Å². The highest BCUT2D eigenvalue weighted by Gasteiger charge is 2.31. The number of carbonyl (C=O) groups is 2. The van der Waals surface area contributed by atoms with E-state index in [2.05, 4.69) is 37.8 Å². The Morgan fingerprint density at radius 1 is 1.36 bits per heavy atom. The van der Waals surface area contributed by atoms with Crippen LogP contribution in [0.1, 0.15) is 29.2 Å². The van der Waals surface area contributed by atoms with E-state index in [4.69, 9.17) is 10.5 Å².